The Balaban J connectivity index is 1.37. The summed E-state index contributed by atoms with van der Waals surface area (Å²) in [5.74, 6) is 0. The molecule has 0 amide bonds. The number of benzene rings is 4. The molecule has 0 atom stereocenters. The highest BCUT2D eigenvalue weighted by atomic mass is 16.3. The van der Waals surface area contributed by atoms with Crippen LogP contribution in [0.4, 0.5) is 0 Å². The number of aliphatic hydroxyl groups is 1. The van der Waals surface area contributed by atoms with Crippen molar-refractivity contribution in [1.82, 2.24) is 0 Å². The second kappa shape index (κ2) is 8.69. The summed E-state index contributed by atoms with van der Waals surface area (Å²) in [5.41, 5.74) is 7.16. The number of rotatable bonds is 6. The Bertz CT molecular complexity index is 903. The van der Waals surface area contributed by atoms with Crippen LogP contribution in [0.15, 0.2) is 109 Å². The summed E-state index contributed by atoms with van der Waals surface area (Å²) in [6, 6.07) is 37.7. The predicted molar refractivity (Wildman–Crippen MR) is 117 cm³/mol. The van der Waals surface area contributed by atoms with E-state index in [2.05, 4.69) is 97.1 Å². The average molecular weight is 364 g/mol. The zero-order valence-corrected chi connectivity index (χ0v) is 15.8. The van der Waals surface area contributed by atoms with Gasteiger partial charge < -0.3 is 5.11 Å². The molecule has 0 aromatic heterocycles. The van der Waals surface area contributed by atoms with Crippen LogP contribution >= 0.6 is 0 Å². The highest BCUT2D eigenvalue weighted by Gasteiger charge is 2.08. The van der Waals surface area contributed by atoms with Crippen LogP contribution in [0.5, 0.6) is 0 Å². The van der Waals surface area contributed by atoms with Gasteiger partial charge in [-0.25, -0.2) is 0 Å². The molecule has 0 saturated heterocycles. The lowest BCUT2D eigenvalue weighted by Crippen LogP contribution is -2.13. The molecule has 1 nitrogen and oxygen atoms in total. The molecule has 4 aromatic rings. The molecular weight excluding hydrogens is 340 g/mol. The van der Waals surface area contributed by atoms with Crippen LogP contribution in [0.3, 0.4) is 0 Å². The first-order valence-corrected chi connectivity index (χ1v) is 9.75. The van der Waals surface area contributed by atoms with Crippen molar-refractivity contribution in [3.63, 3.8) is 0 Å². The van der Waals surface area contributed by atoms with Gasteiger partial charge in [0.25, 0.3) is 0 Å². The SMILES string of the molecule is OC(Cc1ccc(-c2ccccc2)cc1)Cc1ccc(-c2ccccc2)cc1. The summed E-state index contributed by atoms with van der Waals surface area (Å²) >= 11 is 0. The Hall–Kier alpha value is -3.16. The third kappa shape index (κ3) is 4.57. The first kappa shape index (κ1) is 18.2. The van der Waals surface area contributed by atoms with Crippen molar-refractivity contribution in [1.29, 1.82) is 0 Å². The Kier molecular flexibility index (Phi) is 5.65. The van der Waals surface area contributed by atoms with Gasteiger partial charge in [-0.15, -0.1) is 0 Å². The third-order valence-electron chi connectivity index (χ3n) is 5.06. The van der Waals surface area contributed by atoms with Crippen molar-refractivity contribution < 1.29 is 5.11 Å². The lowest BCUT2D eigenvalue weighted by atomic mass is 9.97. The molecule has 0 spiro atoms. The molecule has 0 unspecified atom stereocenters. The summed E-state index contributed by atoms with van der Waals surface area (Å²) in [5, 5.41) is 10.5. The van der Waals surface area contributed by atoms with Crippen LogP contribution in [0.2, 0.25) is 0 Å². The largest absolute Gasteiger partial charge is 0.392 e. The Morgan fingerprint density at radius 3 is 1.11 bits per heavy atom. The quantitative estimate of drug-likeness (QED) is 0.434. The highest BCUT2D eigenvalue weighted by Crippen LogP contribution is 2.22. The summed E-state index contributed by atoms with van der Waals surface area (Å²) < 4.78 is 0. The van der Waals surface area contributed by atoms with E-state index in [9.17, 15) is 5.11 Å². The fraction of sp³-hybridized carbons (Fsp3) is 0.111. The topological polar surface area (TPSA) is 20.2 Å². The minimum Gasteiger partial charge on any atom is -0.392 e. The maximum absolute atomic E-state index is 10.5. The Morgan fingerprint density at radius 2 is 0.750 bits per heavy atom. The van der Waals surface area contributed by atoms with E-state index >= 15 is 0 Å². The van der Waals surface area contributed by atoms with E-state index in [1.807, 2.05) is 12.1 Å². The van der Waals surface area contributed by atoms with E-state index in [0.717, 1.165) is 11.1 Å². The summed E-state index contributed by atoms with van der Waals surface area (Å²) in [6.45, 7) is 0. The Morgan fingerprint density at radius 1 is 0.429 bits per heavy atom. The molecule has 1 heteroatoms. The van der Waals surface area contributed by atoms with Gasteiger partial charge in [0, 0.05) is 0 Å². The van der Waals surface area contributed by atoms with Gasteiger partial charge in [-0.3, -0.25) is 0 Å². The standard InChI is InChI=1S/C27H24O/c28-27(19-21-11-15-25(16-12-21)23-7-3-1-4-8-23)20-22-13-17-26(18-14-22)24-9-5-2-6-10-24/h1-18,27-28H,19-20H2. The average Bonchev–Trinajstić information content (AvgIpc) is 2.76. The normalized spacial score (nSPS) is 10.9. The summed E-state index contributed by atoms with van der Waals surface area (Å²) in [4.78, 5) is 0. The first-order chi connectivity index (χ1) is 13.8. The van der Waals surface area contributed by atoms with Crippen molar-refractivity contribution in [3.05, 3.63) is 120 Å². The Labute approximate surface area is 166 Å². The molecule has 4 rings (SSSR count). The van der Waals surface area contributed by atoms with Gasteiger partial charge in [0.1, 0.15) is 0 Å². The molecule has 0 radical (unpaired) electrons. The second-order valence-corrected chi connectivity index (χ2v) is 7.19. The van der Waals surface area contributed by atoms with Crippen molar-refractivity contribution in [2.24, 2.45) is 0 Å². The van der Waals surface area contributed by atoms with Crippen LogP contribution in [0.25, 0.3) is 22.3 Å². The van der Waals surface area contributed by atoms with Crippen LogP contribution in [-0.4, -0.2) is 11.2 Å². The van der Waals surface area contributed by atoms with Gasteiger partial charge >= 0.3 is 0 Å². The number of hydrogen-bond acceptors (Lipinski definition) is 1. The molecule has 0 aliphatic rings. The highest BCUT2D eigenvalue weighted by molar-refractivity contribution is 5.64. The molecule has 0 aliphatic heterocycles. The molecule has 138 valence electrons. The van der Waals surface area contributed by atoms with E-state index in [0.29, 0.717) is 12.8 Å². The second-order valence-electron chi connectivity index (χ2n) is 7.19. The molecule has 0 heterocycles. The van der Waals surface area contributed by atoms with Crippen LogP contribution in [0.1, 0.15) is 11.1 Å². The fourth-order valence-electron chi connectivity index (χ4n) is 3.54. The molecule has 0 aliphatic carbocycles. The lowest BCUT2D eigenvalue weighted by Gasteiger charge is -2.12. The fourth-order valence-corrected chi connectivity index (χ4v) is 3.54. The zero-order valence-electron chi connectivity index (χ0n) is 15.8. The maximum Gasteiger partial charge on any atom is 0.0620 e. The van der Waals surface area contributed by atoms with Crippen LogP contribution in [-0.2, 0) is 12.8 Å². The van der Waals surface area contributed by atoms with Gasteiger partial charge in [-0.1, -0.05) is 109 Å². The summed E-state index contributed by atoms with van der Waals surface area (Å²) in [7, 11) is 0. The molecule has 1 N–H and O–H groups in total. The molecule has 0 saturated carbocycles. The van der Waals surface area contributed by atoms with Crippen molar-refractivity contribution in [3.8, 4) is 22.3 Å². The van der Waals surface area contributed by atoms with E-state index in [4.69, 9.17) is 0 Å². The van der Waals surface area contributed by atoms with Gasteiger partial charge in [-0.2, -0.15) is 0 Å². The molecule has 0 fully saturated rings. The van der Waals surface area contributed by atoms with Gasteiger partial charge in [0.15, 0.2) is 0 Å². The van der Waals surface area contributed by atoms with E-state index in [1.54, 1.807) is 0 Å². The van der Waals surface area contributed by atoms with Crippen molar-refractivity contribution >= 4 is 0 Å². The monoisotopic (exact) mass is 364 g/mol. The zero-order chi connectivity index (χ0) is 19.2. The minimum absolute atomic E-state index is 0.384. The maximum atomic E-state index is 10.5. The van der Waals surface area contributed by atoms with Crippen LogP contribution in [0, 0.1) is 0 Å². The molecule has 28 heavy (non-hydrogen) atoms. The molecule has 0 bridgehead atoms. The smallest absolute Gasteiger partial charge is 0.0620 e. The van der Waals surface area contributed by atoms with Crippen molar-refractivity contribution in [2.45, 2.75) is 18.9 Å². The molecular formula is C27H24O. The van der Waals surface area contributed by atoms with Gasteiger partial charge in [-0.05, 0) is 46.2 Å². The van der Waals surface area contributed by atoms with E-state index in [-0.39, 0.29) is 6.10 Å². The van der Waals surface area contributed by atoms with Crippen LogP contribution < -0.4 is 0 Å². The summed E-state index contributed by atoms with van der Waals surface area (Å²) in [6.07, 6.45) is 0.940. The van der Waals surface area contributed by atoms with Gasteiger partial charge in [0.2, 0.25) is 0 Å². The number of hydrogen-bond donors (Lipinski definition) is 1. The lowest BCUT2D eigenvalue weighted by molar-refractivity contribution is 0.175. The van der Waals surface area contributed by atoms with E-state index in [1.165, 1.54) is 22.3 Å². The number of aliphatic hydroxyl groups excluding tert-OH is 1. The first-order valence-electron chi connectivity index (χ1n) is 9.75. The minimum atomic E-state index is -0.384. The van der Waals surface area contributed by atoms with E-state index < -0.39 is 0 Å². The van der Waals surface area contributed by atoms with Crippen molar-refractivity contribution in [2.75, 3.05) is 0 Å². The predicted octanol–water partition coefficient (Wildman–Crippen LogP) is 6.17. The third-order valence-corrected chi connectivity index (χ3v) is 5.06. The molecule has 4 aromatic carbocycles. The van der Waals surface area contributed by atoms with Gasteiger partial charge in [0.05, 0.1) is 6.10 Å².